The van der Waals surface area contributed by atoms with E-state index in [-0.39, 0.29) is 0 Å². The number of nitrogens with zero attached hydrogens (tertiary/aromatic N) is 2. The van der Waals surface area contributed by atoms with Gasteiger partial charge in [-0.3, -0.25) is 0 Å². The molecule has 0 aliphatic heterocycles. The second kappa shape index (κ2) is 7.21. The number of hydrogen-bond donors (Lipinski definition) is 1. The van der Waals surface area contributed by atoms with Gasteiger partial charge in [-0.2, -0.15) is 5.26 Å². The highest BCUT2D eigenvalue weighted by atomic mass is 16.5. The van der Waals surface area contributed by atoms with Crippen LogP contribution in [0.15, 0.2) is 36.4 Å². The van der Waals surface area contributed by atoms with Gasteiger partial charge >= 0.3 is 0 Å². The highest BCUT2D eigenvalue weighted by Gasteiger charge is 2.22. The van der Waals surface area contributed by atoms with Crippen LogP contribution in [0.2, 0.25) is 0 Å². The maximum Gasteiger partial charge on any atom is 0.140 e. The van der Waals surface area contributed by atoms with Gasteiger partial charge in [-0.05, 0) is 48.6 Å². The molecule has 1 aliphatic rings. The zero-order chi connectivity index (χ0) is 17.9. The first-order chi connectivity index (χ1) is 12.8. The number of pyridine rings is 1. The van der Waals surface area contributed by atoms with Crippen LogP contribution in [0.1, 0.15) is 60.7 Å². The minimum absolute atomic E-state index is 0.475. The highest BCUT2D eigenvalue weighted by molar-refractivity contribution is 5.86. The lowest BCUT2D eigenvalue weighted by atomic mass is 9.84. The molecule has 0 spiro atoms. The van der Waals surface area contributed by atoms with E-state index in [0.717, 1.165) is 23.4 Å². The van der Waals surface area contributed by atoms with Crippen LogP contribution in [-0.4, -0.2) is 17.1 Å². The van der Waals surface area contributed by atoms with Crippen molar-refractivity contribution in [1.82, 2.24) is 9.97 Å². The Morgan fingerprint density at radius 3 is 2.81 bits per heavy atom. The van der Waals surface area contributed by atoms with Gasteiger partial charge in [0.1, 0.15) is 17.5 Å². The summed E-state index contributed by atoms with van der Waals surface area (Å²) in [5, 5.41) is 10.4. The van der Waals surface area contributed by atoms with Gasteiger partial charge in [0.2, 0.25) is 0 Å². The van der Waals surface area contributed by atoms with Crippen LogP contribution in [0.4, 0.5) is 0 Å². The summed E-state index contributed by atoms with van der Waals surface area (Å²) >= 11 is 0. The monoisotopic (exact) mass is 345 g/mol. The third-order valence-electron chi connectivity index (χ3n) is 5.44. The largest absolute Gasteiger partial charge is 0.497 e. The molecule has 1 aliphatic carbocycles. The number of aromatic nitrogens is 2. The number of ether oxygens (including phenoxy) is 1. The Balaban J connectivity index is 1.80. The number of nitrogens with one attached hydrogen (secondary N) is 1. The summed E-state index contributed by atoms with van der Waals surface area (Å²) in [5.41, 5.74) is 5.20. The fraction of sp³-hybridized carbons (Fsp3) is 0.364. The molecule has 0 unspecified atom stereocenters. The van der Waals surface area contributed by atoms with Crippen LogP contribution >= 0.6 is 0 Å². The predicted octanol–water partition coefficient (Wildman–Crippen LogP) is 5.08. The number of aromatic amines is 1. The van der Waals surface area contributed by atoms with Gasteiger partial charge in [0.25, 0.3) is 0 Å². The molecule has 3 aromatic rings. The number of rotatable bonds is 4. The minimum Gasteiger partial charge on any atom is -0.497 e. The van der Waals surface area contributed by atoms with E-state index in [1.165, 1.54) is 48.7 Å². The van der Waals surface area contributed by atoms with Gasteiger partial charge in [0.15, 0.2) is 0 Å². The smallest absolute Gasteiger partial charge is 0.140 e. The minimum atomic E-state index is 0.475. The van der Waals surface area contributed by atoms with E-state index in [9.17, 15) is 0 Å². The zero-order valence-electron chi connectivity index (χ0n) is 15.1. The first-order valence-electron chi connectivity index (χ1n) is 9.33. The van der Waals surface area contributed by atoms with E-state index in [4.69, 9.17) is 10.00 Å². The number of methoxy groups -OCH3 is 1. The Kier molecular flexibility index (Phi) is 4.62. The number of nitriles is 1. The molecule has 0 atom stereocenters. The predicted molar refractivity (Wildman–Crippen MR) is 102 cm³/mol. The SMILES string of the molecule is COc1ccc2c(Cc3cccc(C#N)n3)c(C3CCCCC3)[nH]c2c1. The van der Waals surface area contributed by atoms with Crippen molar-refractivity contribution in [1.29, 1.82) is 5.26 Å². The van der Waals surface area contributed by atoms with Crippen LogP contribution in [-0.2, 0) is 6.42 Å². The molecule has 26 heavy (non-hydrogen) atoms. The summed E-state index contributed by atoms with van der Waals surface area (Å²) < 4.78 is 5.40. The Hall–Kier alpha value is -2.80. The highest BCUT2D eigenvalue weighted by Crippen LogP contribution is 2.38. The molecule has 4 rings (SSSR count). The third-order valence-corrected chi connectivity index (χ3v) is 5.44. The lowest BCUT2D eigenvalue weighted by Crippen LogP contribution is -2.08. The van der Waals surface area contributed by atoms with Gasteiger partial charge in [-0.15, -0.1) is 0 Å². The van der Waals surface area contributed by atoms with E-state index in [2.05, 4.69) is 28.2 Å². The van der Waals surface area contributed by atoms with E-state index in [1.807, 2.05) is 18.2 Å². The van der Waals surface area contributed by atoms with Gasteiger partial charge in [0, 0.05) is 34.8 Å². The Morgan fingerprint density at radius 2 is 2.04 bits per heavy atom. The van der Waals surface area contributed by atoms with Crippen LogP contribution in [0, 0.1) is 11.3 Å². The molecule has 1 N–H and O–H groups in total. The van der Waals surface area contributed by atoms with Crippen molar-refractivity contribution in [2.75, 3.05) is 7.11 Å². The maximum absolute atomic E-state index is 9.14. The topological polar surface area (TPSA) is 61.7 Å². The van der Waals surface area contributed by atoms with Gasteiger partial charge in [-0.1, -0.05) is 25.3 Å². The Bertz CT molecular complexity index is 961. The quantitative estimate of drug-likeness (QED) is 0.717. The molecule has 1 aromatic carbocycles. The van der Waals surface area contributed by atoms with E-state index < -0.39 is 0 Å². The summed E-state index contributed by atoms with van der Waals surface area (Å²) in [5.74, 6) is 1.45. The number of hydrogen-bond acceptors (Lipinski definition) is 3. The molecular weight excluding hydrogens is 322 g/mol. The fourth-order valence-electron chi connectivity index (χ4n) is 4.13. The molecule has 2 aromatic heterocycles. The van der Waals surface area contributed by atoms with Crippen LogP contribution in [0.5, 0.6) is 5.75 Å². The molecule has 1 fully saturated rings. The first-order valence-corrected chi connectivity index (χ1v) is 9.33. The Labute approximate surface area is 153 Å². The van der Waals surface area contributed by atoms with Crippen LogP contribution < -0.4 is 4.74 Å². The van der Waals surface area contributed by atoms with E-state index in [1.54, 1.807) is 13.2 Å². The average molecular weight is 345 g/mol. The second-order valence-electron chi connectivity index (χ2n) is 7.07. The van der Waals surface area contributed by atoms with Gasteiger partial charge in [-0.25, -0.2) is 4.98 Å². The van der Waals surface area contributed by atoms with Crippen LogP contribution in [0.3, 0.4) is 0 Å². The molecule has 1 saturated carbocycles. The molecular formula is C22H23N3O. The summed E-state index contributed by atoms with van der Waals surface area (Å²) in [7, 11) is 1.70. The normalized spacial score (nSPS) is 15.1. The second-order valence-corrected chi connectivity index (χ2v) is 7.07. The fourth-order valence-corrected chi connectivity index (χ4v) is 4.13. The van der Waals surface area contributed by atoms with E-state index >= 15 is 0 Å². The molecule has 0 amide bonds. The summed E-state index contributed by atoms with van der Waals surface area (Å²) in [6, 6.07) is 14.1. The number of benzene rings is 1. The standard InChI is InChI=1S/C22H23N3O/c1-26-18-10-11-19-20(12-16-8-5-9-17(14-23)24-16)22(25-21(19)13-18)15-6-3-2-4-7-15/h5,8-11,13,15,25H,2-4,6-7,12H2,1H3. The van der Waals surface area contributed by atoms with Crippen molar-refractivity contribution in [3.63, 3.8) is 0 Å². The number of H-pyrrole nitrogens is 1. The average Bonchev–Trinajstić information content (AvgIpc) is 3.06. The molecule has 4 nitrogen and oxygen atoms in total. The van der Waals surface area contributed by atoms with Crippen LogP contribution in [0.25, 0.3) is 10.9 Å². The van der Waals surface area contributed by atoms with Gasteiger partial charge < -0.3 is 9.72 Å². The first kappa shape index (κ1) is 16.7. The molecule has 0 bridgehead atoms. The molecule has 0 saturated heterocycles. The van der Waals surface area contributed by atoms with Crippen molar-refractivity contribution < 1.29 is 4.74 Å². The Morgan fingerprint density at radius 1 is 1.19 bits per heavy atom. The van der Waals surface area contributed by atoms with Crippen molar-refractivity contribution in [3.05, 3.63) is 59.0 Å². The third kappa shape index (κ3) is 3.17. The lowest BCUT2D eigenvalue weighted by Gasteiger charge is -2.22. The van der Waals surface area contributed by atoms with E-state index in [0.29, 0.717) is 11.6 Å². The lowest BCUT2D eigenvalue weighted by molar-refractivity contribution is 0.415. The summed E-state index contributed by atoms with van der Waals surface area (Å²) in [6.07, 6.45) is 7.15. The van der Waals surface area contributed by atoms with Crippen molar-refractivity contribution in [3.8, 4) is 11.8 Å². The van der Waals surface area contributed by atoms with Crippen molar-refractivity contribution in [2.24, 2.45) is 0 Å². The molecule has 2 heterocycles. The molecule has 4 heteroatoms. The maximum atomic E-state index is 9.14. The van der Waals surface area contributed by atoms with Crippen molar-refractivity contribution in [2.45, 2.75) is 44.4 Å². The summed E-state index contributed by atoms with van der Waals surface area (Å²) in [6.45, 7) is 0. The van der Waals surface area contributed by atoms with Crippen molar-refractivity contribution >= 4 is 10.9 Å². The number of fused-ring (bicyclic) bond motifs is 1. The molecule has 0 radical (unpaired) electrons. The summed E-state index contributed by atoms with van der Waals surface area (Å²) in [4.78, 5) is 8.18. The van der Waals surface area contributed by atoms with Gasteiger partial charge in [0.05, 0.1) is 7.11 Å². The zero-order valence-corrected chi connectivity index (χ0v) is 15.1. The molecule has 132 valence electrons.